The molecule has 0 unspecified atom stereocenters. The minimum absolute atomic E-state index is 0.171. The third-order valence-electron chi connectivity index (χ3n) is 4.78. The number of imidazole rings is 1. The first kappa shape index (κ1) is 16.6. The van der Waals surface area contributed by atoms with E-state index >= 15 is 0 Å². The third kappa shape index (κ3) is 3.03. The lowest BCUT2D eigenvalue weighted by Gasteiger charge is -2.32. The number of anilines is 1. The minimum atomic E-state index is -0.328. The number of piperidine rings is 1. The first-order valence-corrected chi connectivity index (χ1v) is 8.77. The number of aryl methyl sites for hydroxylation is 1. The van der Waals surface area contributed by atoms with Crippen molar-refractivity contribution >= 4 is 17.4 Å². The van der Waals surface area contributed by atoms with Crippen LogP contribution in [-0.4, -0.2) is 49.4 Å². The Morgan fingerprint density at radius 2 is 2.31 bits per heavy atom. The van der Waals surface area contributed by atoms with Gasteiger partial charge in [-0.1, -0.05) is 6.07 Å². The largest absolute Gasteiger partial charge is 0.391 e. The Morgan fingerprint density at radius 3 is 3.15 bits per heavy atom. The molecule has 8 nitrogen and oxygen atoms in total. The maximum atomic E-state index is 12.6. The second-order valence-electron chi connectivity index (χ2n) is 6.65. The van der Waals surface area contributed by atoms with Gasteiger partial charge < -0.3 is 19.9 Å². The summed E-state index contributed by atoms with van der Waals surface area (Å²) < 4.78 is 3.55. The van der Waals surface area contributed by atoms with Gasteiger partial charge >= 0.3 is 0 Å². The van der Waals surface area contributed by atoms with E-state index in [2.05, 4.69) is 20.3 Å². The van der Waals surface area contributed by atoms with Crippen LogP contribution in [0.3, 0.4) is 0 Å². The van der Waals surface area contributed by atoms with Gasteiger partial charge in [0.05, 0.1) is 12.3 Å². The first-order valence-electron chi connectivity index (χ1n) is 8.77. The zero-order valence-electron chi connectivity index (χ0n) is 14.7. The van der Waals surface area contributed by atoms with Crippen LogP contribution in [0, 0.1) is 0 Å². The van der Waals surface area contributed by atoms with E-state index < -0.39 is 0 Å². The average molecular weight is 354 g/mol. The van der Waals surface area contributed by atoms with Crippen molar-refractivity contribution in [1.29, 1.82) is 0 Å². The molecule has 1 fully saturated rings. The highest BCUT2D eigenvalue weighted by Crippen LogP contribution is 2.22. The highest BCUT2D eigenvalue weighted by Gasteiger charge is 2.21. The van der Waals surface area contributed by atoms with Crippen molar-refractivity contribution in [3.63, 3.8) is 0 Å². The van der Waals surface area contributed by atoms with Crippen molar-refractivity contribution in [2.45, 2.75) is 25.5 Å². The Bertz CT molecular complexity index is 931. The van der Waals surface area contributed by atoms with E-state index in [-0.39, 0.29) is 12.0 Å². The van der Waals surface area contributed by atoms with Crippen LogP contribution in [0.2, 0.25) is 0 Å². The number of aliphatic hydroxyl groups is 1. The van der Waals surface area contributed by atoms with Crippen molar-refractivity contribution < 1.29 is 9.90 Å². The molecule has 8 heteroatoms. The maximum Gasteiger partial charge on any atom is 0.256 e. The smallest absolute Gasteiger partial charge is 0.256 e. The van der Waals surface area contributed by atoms with E-state index in [0.717, 1.165) is 36.4 Å². The summed E-state index contributed by atoms with van der Waals surface area (Å²) in [5.74, 6) is 0.654. The van der Waals surface area contributed by atoms with Crippen LogP contribution in [0.4, 0.5) is 5.82 Å². The summed E-state index contributed by atoms with van der Waals surface area (Å²) in [4.78, 5) is 19.2. The van der Waals surface area contributed by atoms with E-state index in [4.69, 9.17) is 0 Å². The molecule has 0 saturated carbocycles. The summed E-state index contributed by atoms with van der Waals surface area (Å²) in [6.07, 6.45) is 8.43. The highest BCUT2D eigenvalue weighted by atomic mass is 16.3. The second kappa shape index (κ2) is 6.80. The zero-order valence-corrected chi connectivity index (χ0v) is 14.7. The summed E-state index contributed by atoms with van der Waals surface area (Å²) in [6, 6.07) is 3.82. The molecule has 3 aromatic rings. The quantitative estimate of drug-likeness (QED) is 0.729. The Kier molecular flexibility index (Phi) is 4.34. The minimum Gasteiger partial charge on any atom is -0.391 e. The summed E-state index contributed by atoms with van der Waals surface area (Å²) in [5.41, 5.74) is 2.23. The van der Waals surface area contributed by atoms with Gasteiger partial charge in [-0.05, 0) is 18.9 Å². The lowest BCUT2D eigenvalue weighted by atomic mass is 10.1. The molecule has 26 heavy (non-hydrogen) atoms. The number of nitrogens with zero attached hydrogens (tertiary/aromatic N) is 5. The number of β-amino-alcohol motifs (C(OH)–C–C–N with tert-alkyl or cyclic N) is 1. The van der Waals surface area contributed by atoms with E-state index in [1.165, 1.54) is 0 Å². The van der Waals surface area contributed by atoms with Crippen molar-refractivity contribution in [1.82, 2.24) is 24.5 Å². The van der Waals surface area contributed by atoms with Gasteiger partial charge in [-0.15, -0.1) is 0 Å². The molecule has 1 atom stereocenters. The van der Waals surface area contributed by atoms with Gasteiger partial charge in [-0.25, -0.2) is 9.50 Å². The van der Waals surface area contributed by atoms with Crippen molar-refractivity contribution in [2.75, 3.05) is 18.0 Å². The number of carbonyl (C=O) groups is 1. The molecule has 0 spiro atoms. The van der Waals surface area contributed by atoms with Crippen molar-refractivity contribution in [3.8, 4) is 0 Å². The fraction of sp³-hybridized carbons (Fsp3) is 0.389. The van der Waals surface area contributed by atoms with E-state index in [1.54, 1.807) is 16.9 Å². The van der Waals surface area contributed by atoms with Gasteiger partial charge in [0.15, 0.2) is 0 Å². The predicted octanol–water partition coefficient (Wildman–Crippen LogP) is 0.959. The summed E-state index contributed by atoms with van der Waals surface area (Å²) in [6.45, 7) is 1.81. The Balaban J connectivity index is 1.51. The number of nitrogens with one attached hydrogen (secondary N) is 1. The molecule has 1 aliphatic rings. The molecular weight excluding hydrogens is 332 g/mol. The number of rotatable bonds is 4. The van der Waals surface area contributed by atoms with Crippen molar-refractivity contribution in [2.24, 2.45) is 7.05 Å². The molecule has 1 amide bonds. The van der Waals surface area contributed by atoms with E-state index in [1.807, 2.05) is 36.1 Å². The topological polar surface area (TPSA) is 87.7 Å². The van der Waals surface area contributed by atoms with E-state index in [0.29, 0.717) is 18.7 Å². The molecule has 3 aromatic heterocycles. The van der Waals surface area contributed by atoms with Crippen LogP contribution in [0.1, 0.15) is 28.8 Å². The number of pyridine rings is 1. The Labute approximate surface area is 151 Å². The molecule has 0 aromatic carbocycles. The van der Waals surface area contributed by atoms with Gasteiger partial charge in [0.2, 0.25) is 0 Å². The molecule has 0 bridgehead atoms. The molecule has 1 aliphatic heterocycles. The molecule has 4 rings (SSSR count). The number of carbonyl (C=O) groups excluding carboxylic acids is 1. The van der Waals surface area contributed by atoms with Crippen LogP contribution in [0.5, 0.6) is 0 Å². The number of fused-ring (bicyclic) bond motifs is 1. The standard InChI is InChI=1S/C18H22N6O2/c1-22-8-9-24-18(22)15(11-21-24)17(26)20-10-13-4-2-6-19-16(13)23-7-3-5-14(25)12-23/h2,4,6,8-9,11,14,25H,3,5,7,10,12H2,1H3,(H,20,26)/t14-/m0/s1. The lowest BCUT2D eigenvalue weighted by molar-refractivity contribution is 0.0952. The summed E-state index contributed by atoms with van der Waals surface area (Å²) in [7, 11) is 1.88. The molecule has 1 saturated heterocycles. The second-order valence-corrected chi connectivity index (χ2v) is 6.65. The van der Waals surface area contributed by atoms with Crippen molar-refractivity contribution in [3.05, 3.63) is 48.0 Å². The molecule has 136 valence electrons. The van der Waals surface area contributed by atoms with Crippen LogP contribution in [-0.2, 0) is 13.6 Å². The zero-order chi connectivity index (χ0) is 18.1. The van der Waals surface area contributed by atoms with Gasteiger partial charge in [0.25, 0.3) is 5.91 Å². The van der Waals surface area contributed by atoms with Crippen LogP contribution in [0.15, 0.2) is 36.9 Å². The van der Waals surface area contributed by atoms with Crippen LogP contribution < -0.4 is 10.2 Å². The van der Waals surface area contributed by atoms with Crippen LogP contribution >= 0.6 is 0 Å². The lowest BCUT2D eigenvalue weighted by Crippen LogP contribution is -2.39. The maximum absolute atomic E-state index is 12.6. The average Bonchev–Trinajstić information content (AvgIpc) is 3.23. The number of hydrogen-bond acceptors (Lipinski definition) is 5. The highest BCUT2D eigenvalue weighted by molar-refractivity contribution is 5.99. The van der Waals surface area contributed by atoms with Gasteiger partial charge in [0.1, 0.15) is 17.0 Å². The Morgan fingerprint density at radius 1 is 1.42 bits per heavy atom. The molecule has 4 heterocycles. The SMILES string of the molecule is Cn1ccn2ncc(C(=O)NCc3cccnc3N3CCC[C@H](O)C3)c12. The first-order chi connectivity index (χ1) is 12.6. The Hall–Kier alpha value is -2.87. The third-order valence-corrected chi connectivity index (χ3v) is 4.78. The molecule has 2 N–H and O–H groups in total. The monoisotopic (exact) mass is 354 g/mol. The summed E-state index contributed by atoms with van der Waals surface area (Å²) >= 11 is 0. The number of aliphatic hydroxyl groups excluding tert-OH is 1. The van der Waals surface area contributed by atoms with Gasteiger partial charge in [-0.2, -0.15) is 5.10 Å². The fourth-order valence-corrected chi connectivity index (χ4v) is 3.48. The summed E-state index contributed by atoms with van der Waals surface area (Å²) in [5, 5.41) is 17.1. The molecule has 0 aliphatic carbocycles. The van der Waals surface area contributed by atoms with E-state index in [9.17, 15) is 9.90 Å². The van der Waals surface area contributed by atoms with Crippen LogP contribution in [0.25, 0.3) is 5.65 Å². The number of amides is 1. The van der Waals surface area contributed by atoms with Gasteiger partial charge in [0, 0.05) is 50.8 Å². The molecular formula is C18H22N6O2. The predicted molar refractivity (Wildman–Crippen MR) is 97.0 cm³/mol. The number of hydrogen-bond donors (Lipinski definition) is 2. The fourth-order valence-electron chi connectivity index (χ4n) is 3.48. The van der Waals surface area contributed by atoms with Gasteiger partial charge in [-0.3, -0.25) is 4.79 Å². The normalized spacial score (nSPS) is 17.6. The number of aromatic nitrogens is 4. The molecule has 0 radical (unpaired) electrons.